The summed E-state index contributed by atoms with van der Waals surface area (Å²) < 4.78 is 6.25. The Labute approximate surface area is 228 Å². The van der Waals surface area contributed by atoms with E-state index in [0.29, 0.717) is 36.0 Å². The van der Waals surface area contributed by atoms with E-state index in [9.17, 15) is 4.79 Å². The van der Waals surface area contributed by atoms with Crippen LogP contribution in [-0.4, -0.2) is 35.7 Å². The van der Waals surface area contributed by atoms with Gasteiger partial charge in [-0.1, -0.05) is 59.2 Å². The van der Waals surface area contributed by atoms with Gasteiger partial charge in [0.2, 0.25) is 0 Å². The molecule has 1 atom stereocenters. The van der Waals surface area contributed by atoms with E-state index in [0.717, 1.165) is 28.0 Å². The molecular weight excluding hydrogens is 502 g/mol. The summed E-state index contributed by atoms with van der Waals surface area (Å²) in [6, 6.07) is 21.1. The normalized spacial score (nSPS) is 12.2. The Hall–Kier alpha value is -3.68. The van der Waals surface area contributed by atoms with Crippen molar-refractivity contribution in [2.24, 2.45) is 5.16 Å². The predicted octanol–water partition coefficient (Wildman–Crippen LogP) is 6.49. The summed E-state index contributed by atoms with van der Waals surface area (Å²) in [5.74, 6) is -0.0825. The smallest absolute Gasteiger partial charge is 0.304 e. The minimum absolute atomic E-state index is 0.0843. The van der Waals surface area contributed by atoms with Crippen LogP contribution in [0, 0.1) is 19.3 Å². The molecule has 0 aromatic heterocycles. The summed E-state index contributed by atoms with van der Waals surface area (Å²) in [6.07, 6.45) is 0.0142. The van der Waals surface area contributed by atoms with Gasteiger partial charge in [0.25, 0.3) is 0 Å². The second kappa shape index (κ2) is 14.3. The molecule has 0 aliphatic heterocycles. The van der Waals surface area contributed by atoms with Crippen molar-refractivity contribution in [1.82, 2.24) is 5.32 Å². The first kappa shape index (κ1) is 28.9. The Morgan fingerprint density at radius 3 is 2.53 bits per heavy atom. The number of aryl methyl sites for hydroxylation is 2. The quantitative estimate of drug-likeness (QED) is 0.124. The number of carbonyl (C=O) groups is 1. The van der Waals surface area contributed by atoms with Crippen LogP contribution in [0.1, 0.15) is 53.7 Å². The van der Waals surface area contributed by atoms with Crippen molar-refractivity contribution in [3.8, 4) is 5.75 Å². The molecule has 38 heavy (non-hydrogen) atoms. The van der Waals surface area contributed by atoms with Gasteiger partial charge in [0.1, 0.15) is 5.75 Å². The highest BCUT2D eigenvalue weighted by Crippen LogP contribution is 2.26. The van der Waals surface area contributed by atoms with E-state index >= 15 is 0 Å². The number of carboxylic acid groups (broad SMARTS) is 1. The zero-order valence-electron chi connectivity index (χ0n) is 22.0. The van der Waals surface area contributed by atoms with Gasteiger partial charge < -0.3 is 25.4 Å². The lowest BCUT2D eigenvalue weighted by Crippen LogP contribution is -2.17. The molecule has 3 aromatic carbocycles. The number of oxime groups is 1. The number of nitrogens with zero attached hydrogens (tertiary/aromatic N) is 1. The number of nitrogens with one attached hydrogen (secondary N) is 2. The summed E-state index contributed by atoms with van der Waals surface area (Å²) in [6.45, 7) is 7.10. The number of carboxylic acids is 1. The van der Waals surface area contributed by atoms with Crippen LogP contribution in [0.15, 0.2) is 71.9 Å². The molecule has 1 unspecified atom stereocenters. The molecule has 0 fully saturated rings. The summed E-state index contributed by atoms with van der Waals surface area (Å²) >= 11 is 6.22. The number of aliphatic carboxylic acids is 1. The summed E-state index contributed by atoms with van der Waals surface area (Å²) in [5.41, 5.74) is 6.14. The van der Waals surface area contributed by atoms with Crippen molar-refractivity contribution < 1.29 is 19.5 Å². The number of rotatable bonds is 14. The van der Waals surface area contributed by atoms with Gasteiger partial charge >= 0.3 is 5.97 Å². The Bertz CT molecular complexity index is 1270. The van der Waals surface area contributed by atoms with E-state index in [4.69, 9.17) is 31.7 Å². The van der Waals surface area contributed by atoms with Crippen molar-refractivity contribution >= 4 is 29.0 Å². The molecule has 0 saturated carbocycles. The first-order valence-corrected chi connectivity index (χ1v) is 12.8. The maximum Gasteiger partial charge on any atom is 0.304 e. The van der Waals surface area contributed by atoms with E-state index in [1.165, 1.54) is 5.56 Å². The van der Waals surface area contributed by atoms with Crippen LogP contribution in [-0.2, 0) is 16.2 Å². The minimum atomic E-state index is -0.823. The van der Waals surface area contributed by atoms with Crippen LogP contribution < -0.4 is 10.1 Å². The summed E-state index contributed by atoms with van der Waals surface area (Å²) in [7, 11) is 0. The van der Waals surface area contributed by atoms with Gasteiger partial charge in [-0.3, -0.25) is 4.79 Å². The van der Waals surface area contributed by atoms with Crippen LogP contribution in [0.5, 0.6) is 5.75 Å². The Kier molecular flexibility index (Phi) is 10.9. The van der Waals surface area contributed by atoms with E-state index in [1.807, 2.05) is 80.6 Å². The first-order valence-electron chi connectivity index (χ1n) is 12.5. The SMILES string of the molecule is C/C(CC(=N)c1ccc(CNCCC(=O)O)cc1)=N\OCC(Oc1ccc(C)c(C)c1)c1cccc(Cl)c1. The number of ether oxygens (including phenoxy) is 1. The van der Waals surface area contributed by atoms with E-state index in [1.54, 1.807) is 0 Å². The molecule has 0 heterocycles. The number of halogens is 1. The summed E-state index contributed by atoms with van der Waals surface area (Å²) in [5, 5.41) is 25.1. The molecule has 0 bridgehead atoms. The highest BCUT2D eigenvalue weighted by atomic mass is 35.5. The molecule has 3 N–H and O–H groups in total. The Morgan fingerprint density at radius 1 is 1.08 bits per heavy atom. The second-order valence-electron chi connectivity index (χ2n) is 9.20. The largest absolute Gasteiger partial charge is 0.482 e. The molecule has 0 saturated heterocycles. The van der Waals surface area contributed by atoms with Crippen LogP contribution in [0.2, 0.25) is 5.02 Å². The van der Waals surface area contributed by atoms with Gasteiger partial charge in [-0.2, -0.15) is 0 Å². The third-order valence-electron chi connectivity index (χ3n) is 6.00. The molecule has 0 amide bonds. The number of hydrogen-bond acceptors (Lipinski definition) is 6. The zero-order valence-corrected chi connectivity index (χ0v) is 22.7. The maximum absolute atomic E-state index is 10.6. The average Bonchev–Trinajstić information content (AvgIpc) is 2.88. The van der Waals surface area contributed by atoms with Gasteiger partial charge in [-0.05, 0) is 72.9 Å². The lowest BCUT2D eigenvalue weighted by Gasteiger charge is -2.19. The predicted molar refractivity (Wildman–Crippen MR) is 152 cm³/mol. The zero-order chi connectivity index (χ0) is 27.5. The second-order valence-corrected chi connectivity index (χ2v) is 9.64. The third kappa shape index (κ3) is 9.32. The molecule has 3 rings (SSSR count). The molecular formula is C30H34ClN3O4. The van der Waals surface area contributed by atoms with Crippen molar-refractivity contribution in [3.05, 3.63) is 99.6 Å². The topological polar surface area (TPSA) is 104 Å². The number of benzene rings is 3. The summed E-state index contributed by atoms with van der Waals surface area (Å²) in [4.78, 5) is 16.3. The van der Waals surface area contributed by atoms with Crippen LogP contribution in [0.4, 0.5) is 0 Å². The Morgan fingerprint density at radius 2 is 1.84 bits per heavy atom. The highest BCUT2D eigenvalue weighted by Gasteiger charge is 2.16. The molecule has 200 valence electrons. The first-order chi connectivity index (χ1) is 18.2. The van der Waals surface area contributed by atoms with Crippen LogP contribution in [0.25, 0.3) is 0 Å². The molecule has 0 spiro atoms. The van der Waals surface area contributed by atoms with Gasteiger partial charge in [0.15, 0.2) is 12.7 Å². The van der Waals surface area contributed by atoms with Crippen LogP contribution >= 0.6 is 11.6 Å². The maximum atomic E-state index is 10.6. The standard InChI is InChI=1S/C30H34ClN3O4/c1-20-7-12-27(15-21(20)2)38-29(25-5-4-6-26(31)17-25)19-37-34-22(3)16-28(32)24-10-8-23(9-11-24)18-33-14-13-30(35)36/h4-12,15,17,29,32-33H,13-14,16,18-19H2,1-3H3,(H,35,36)/b32-28?,34-22+. The van der Waals surface area contributed by atoms with Crippen molar-refractivity contribution in [3.63, 3.8) is 0 Å². The minimum Gasteiger partial charge on any atom is -0.482 e. The fourth-order valence-electron chi connectivity index (χ4n) is 3.71. The highest BCUT2D eigenvalue weighted by molar-refractivity contribution is 6.30. The fraction of sp³-hybridized carbons (Fsp3) is 0.300. The monoisotopic (exact) mass is 535 g/mol. The Balaban J connectivity index is 1.57. The fourth-order valence-corrected chi connectivity index (χ4v) is 3.91. The van der Waals surface area contributed by atoms with Crippen molar-refractivity contribution in [1.29, 1.82) is 5.41 Å². The molecule has 8 heteroatoms. The van der Waals surface area contributed by atoms with Gasteiger partial charge in [0.05, 0.1) is 12.1 Å². The molecule has 0 radical (unpaired) electrons. The van der Waals surface area contributed by atoms with Crippen molar-refractivity contribution in [2.75, 3.05) is 13.2 Å². The molecule has 0 aliphatic rings. The van der Waals surface area contributed by atoms with Gasteiger partial charge in [-0.25, -0.2) is 0 Å². The third-order valence-corrected chi connectivity index (χ3v) is 6.24. The molecule has 3 aromatic rings. The van der Waals surface area contributed by atoms with Gasteiger partial charge in [-0.15, -0.1) is 0 Å². The lowest BCUT2D eigenvalue weighted by atomic mass is 10.0. The average molecular weight is 536 g/mol. The number of hydrogen-bond donors (Lipinski definition) is 3. The van der Waals surface area contributed by atoms with Crippen molar-refractivity contribution in [2.45, 2.75) is 46.3 Å². The van der Waals surface area contributed by atoms with Crippen LogP contribution in [0.3, 0.4) is 0 Å². The van der Waals surface area contributed by atoms with Gasteiger partial charge in [0, 0.05) is 30.2 Å². The molecule has 0 aliphatic carbocycles. The lowest BCUT2D eigenvalue weighted by molar-refractivity contribution is -0.136. The van der Waals surface area contributed by atoms with E-state index in [-0.39, 0.29) is 13.0 Å². The van der Waals surface area contributed by atoms with E-state index in [2.05, 4.69) is 17.4 Å². The van der Waals surface area contributed by atoms with E-state index < -0.39 is 12.1 Å². The molecule has 7 nitrogen and oxygen atoms in total.